The highest BCUT2D eigenvalue weighted by molar-refractivity contribution is 7.16. The van der Waals surface area contributed by atoms with E-state index in [-0.39, 0.29) is 0 Å². The first kappa shape index (κ1) is 18.8. The molecule has 2 aromatic heterocycles. The van der Waals surface area contributed by atoms with Gasteiger partial charge in [-0.3, -0.25) is 0 Å². The fraction of sp³-hybridized carbons (Fsp3) is 0.500. The van der Waals surface area contributed by atoms with E-state index in [4.69, 9.17) is 16.1 Å². The lowest BCUT2D eigenvalue weighted by Gasteiger charge is -2.14. The zero-order valence-electron chi connectivity index (χ0n) is 14.0. The Bertz CT molecular complexity index is 669. The maximum Gasteiger partial charge on any atom is 0.191 e. The van der Waals surface area contributed by atoms with Crippen molar-refractivity contribution in [3.63, 3.8) is 0 Å². The van der Waals surface area contributed by atoms with Crippen molar-refractivity contribution in [1.29, 1.82) is 0 Å². The van der Waals surface area contributed by atoms with Gasteiger partial charge in [-0.05, 0) is 25.0 Å². The zero-order valence-corrected chi connectivity index (χ0v) is 15.6. The Hall–Kier alpha value is -1.57. The van der Waals surface area contributed by atoms with Crippen molar-refractivity contribution in [2.75, 3.05) is 13.1 Å². The van der Waals surface area contributed by atoms with Gasteiger partial charge in [0.05, 0.1) is 10.0 Å². The van der Waals surface area contributed by atoms with Gasteiger partial charge >= 0.3 is 0 Å². The summed E-state index contributed by atoms with van der Waals surface area (Å²) in [5, 5.41) is 20.5. The summed E-state index contributed by atoms with van der Waals surface area (Å²) < 4.78 is 5.94. The molecule has 3 N–H and O–H groups in total. The van der Waals surface area contributed by atoms with Gasteiger partial charge in [-0.1, -0.05) is 30.6 Å². The third-order valence-corrected chi connectivity index (χ3v) is 4.62. The minimum atomic E-state index is -0.635. The average Bonchev–Trinajstić information content (AvgIpc) is 3.18. The number of hydrogen-bond donors (Lipinski definition) is 3. The molecule has 0 radical (unpaired) electrons. The number of aliphatic hydroxyl groups is 1. The smallest absolute Gasteiger partial charge is 0.191 e. The van der Waals surface area contributed by atoms with Gasteiger partial charge in [-0.25, -0.2) is 4.99 Å². The molecule has 2 rings (SSSR count). The molecular weight excluding hydrogens is 348 g/mol. The lowest BCUT2D eigenvalue weighted by molar-refractivity contribution is 0.184. The number of halogens is 1. The molecule has 24 heavy (non-hydrogen) atoms. The molecule has 1 atom stereocenters. The second-order valence-electron chi connectivity index (χ2n) is 5.61. The normalized spacial score (nSPS) is 13.3. The van der Waals surface area contributed by atoms with Crippen molar-refractivity contribution in [2.45, 2.75) is 39.3 Å². The molecule has 2 aromatic rings. The van der Waals surface area contributed by atoms with Crippen LogP contribution in [0.25, 0.3) is 0 Å². The van der Waals surface area contributed by atoms with E-state index >= 15 is 0 Å². The van der Waals surface area contributed by atoms with Gasteiger partial charge in [-0.15, -0.1) is 11.3 Å². The Balaban J connectivity index is 1.92. The van der Waals surface area contributed by atoms with E-state index in [0.29, 0.717) is 35.1 Å². The number of nitrogens with one attached hydrogen (secondary N) is 2. The molecule has 6 nitrogen and oxygen atoms in total. The maximum absolute atomic E-state index is 10.2. The van der Waals surface area contributed by atoms with E-state index in [1.807, 2.05) is 19.1 Å². The molecule has 0 amide bonds. The molecule has 132 valence electrons. The molecule has 2 heterocycles. The number of thiophene rings is 1. The van der Waals surface area contributed by atoms with E-state index < -0.39 is 6.10 Å². The van der Waals surface area contributed by atoms with Crippen LogP contribution in [0.1, 0.15) is 49.1 Å². The highest BCUT2D eigenvalue weighted by atomic mass is 35.5. The SMILES string of the molecule is CCNC(=NCc1cc(C(C)C)no1)NCC(O)c1ccc(Cl)s1. The Morgan fingerprint density at radius 1 is 1.42 bits per heavy atom. The molecule has 0 aromatic carbocycles. The van der Waals surface area contributed by atoms with Crippen molar-refractivity contribution in [3.8, 4) is 0 Å². The van der Waals surface area contributed by atoms with Crippen LogP contribution in [0, 0.1) is 0 Å². The first-order valence-corrected chi connectivity index (χ1v) is 9.10. The van der Waals surface area contributed by atoms with E-state index in [1.165, 1.54) is 11.3 Å². The summed E-state index contributed by atoms with van der Waals surface area (Å²) in [4.78, 5) is 5.27. The zero-order chi connectivity index (χ0) is 17.5. The molecule has 0 aliphatic carbocycles. The Morgan fingerprint density at radius 3 is 2.79 bits per heavy atom. The number of aliphatic imine (C=N–C) groups is 1. The molecule has 0 aliphatic rings. The third kappa shape index (κ3) is 5.51. The number of rotatable bonds is 7. The predicted octanol–water partition coefficient (Wildman–Crippen LogP) is 3.30. The first-order chi connectivity index (χ1) is 11.5. The van der Waals surface area contributed by atoms with Gasteiger partial charge in [-0.2, -0.15) is 0 Å². The monoisotopic (exact) mass is 370 g/mol. The van der Waals surface area contributed by atoms with Gasteiger partial charge in [0.25, 0.3) is 0 Å². The van der Waals surface area contributed by atoms with Gasteiger partial charge in [0.15, 0.2) is 11.7 Å². The van der Waals surface area contributed by atoms with Crippen LogP contribution in [-0.2, 0) is 6.54 Å². The largest absolute Gasteiger partial charge is 0.386 e. The van der Waals surface area contributed by atoms with Gasteiger partial charge in [0, 0.05) is 24.0 Å². The van der Waals surface area contributed by atoms with E-state index in [1.54, 1.807) is 6.07 Å². The van der Waals surface area contributed by atoms with Crippen LogP contribution in [0.5, 0.6) is 0 Å². The maximum atomic E-state index is 10.2. The van der Waals surface area contributed by atoms with Gasteiger partial charge in [0.1, 0.15) is 12.6 Å². The number of guanidine groups is 1. The topological polar surface area (TPSA) is 82.7 Å². The van der Waals surface area contributed by atoms with Crippen LogP contribution in [0.3, 0.4) is 0 Å². The minimum absolute atomic E-state index is 0.325. The third-order valence-electron chi connectivity index (χ3n) is 3.29. The number of aliphatic hydroxyl groups excluding tert-OH is 1. The Morgan fingerprint density at radius 2 is 2.21 bits per heavy atom. The van der Waals surface area contributed by atoms with Crippen LogP contribution >= 0.6 is 22.9 Å². The summed E-state index contributed by atoms with van der Waals surface area (Å²) in [5.74, 6) is 1.65. The molecule has 0 aliphatic heterocycles. The van der Waals surface area contributed by atoms with Crippen molar-refractivity contribution >= 4 is 28.9 Å². The Labute approximate surface area is 150 Å². The summed E-state index contributed by atoms with van der Waals surface area (Å²) in [5.41, 5.74) is 0.920. The summed E-state index contributed by atoms with van der Waals surface area (Å²) >= 11 is 7.26. The molecule has 0 spiro atoms. The molecular formula is C16H23ClN4O2S. The molecule has 0 saturated heterocycles. The lowest BCUT2D eigenvalue weighted by atomic mass is 10.1. The fourth-order valence-electron chi connectivity index (χ4n) is 1.98. The molecule has 0 bridgehead atoms. The van der Waals surface area contributed by atoms with Gasteiger partial charge in [0.2, 0.25) is 0 Å². The van der Waals surface area contributed by atoms with Crippen LogP contribution < -0.4 is 10.6 Å². The van der Waals surface area contributed by atoms with E-state index in [9.17, 15) is 5.11 Å². The van der Waals surface area contributed by atoms with Gasteiger partial charge < -0.3 is 20.3 Å². The summed E-state index contributed by atoms with van der Waals surface area (Å²) in [7, 11) is 0. The van der Waals surface area contributed by atoms with Crippen molar-refractivity contribution in [2.24, 2.45) is 4.99 Å². The fourth-order valence-corrected chi connectivity index (χ4v) is 3.02. The second-order valence-corrected chi connectivity index (χ2v) is 7.35. The van der Waals surface area contributed by atoms with E-state index in [2.05, 4.69) is 34.6 Å². The van der Waals surface area contributed by atoms with Crippen LogP contribution in [-0.4, -0.2) is 29.3 Å². The standard InChI is InChI=1S/C16H23ClN4O2S/c1-4-18-16(19-8-11-7-12(10(2)3)21-23-11)20-9-13(22)14-5-6-15(17)24-14/h5-7,10,13,22H,4,8-9H2,1-3H3,(H2,18,19,20). The highest BCUT2D eigenvalue weighted by Gasteiger charge is 2.11. The van der Waals surface area contributed by atoms with Crippen molar-refractivity contribution in [1.82, 2.24) is 15.8 Å². The number of nitrogens with zero attached hydrogens (tertiary/aromatic N) is 2. The first-order valence-electron chi connectivity index (χ1n) is 7.90. The van der Waals surface area contributed by atoms with Crippen molar-refractivity contribution in [3.05, 3.63) is 38.9 Å². The van der Waals surface area contributed by atoms with Crippen LogP contribution in [0.2, 0.25) is 4.34 Å². The number of hydrogen-bond acceptors (Lipinski definition) is 5. The number of aromatic nitrogens is 1. The van der Waals surface area contributed by atoms with Crippen LogP contribution in [0.15, 0.2) is 27.7 Å². The summed E-state index contributed by atoms with van der Waals surface area (Å²) in [6, 6.07) is 5.52. The average molecular weight is 371 g/mol. The molecule has 0 fully saturated rings. The molecule has 8 heteroatoms. The highest BCUT2D eigenvalue weighted by Crippen LogP contribution is 2.26. The summed E-state index contributed by atoms with van der Waals surface area (Å²) in [6.07, 6.45) is -0.635. The van der Waals surface area contributed by atoms with Crippen molar-refractivity contribution < 1.29 is 9.63 Å². The molecule has 1 unspecified atom stereocenters. The lowest BCUT2D eigenvalue weighted by Crippen LogP contribution is -2.39. The minimum Gasteiger partial charge on any atom is -0.386 e. The second kappa shape index (κ2) is 9.05. The van der Waals surface area contributed by atoms with E-state index in [0.717, 1.165) is 17.1 Å². The van der Waals surface area contributed by atoms with Crippen LogP contribution in [0.4, 0.5) is 0 Å². The molecule has 0 saturated carbocycles. The Kier molecular flexibility index (Phi) is 7.08. The summed E-state index contributed by atoms with van der Waals surface area (Å²) in [6.45, 7) is 7.56. The quantitative estimate of drug-likeness (QED) is 0.514. The predicted molar refractivity (Wildman–Crippen MR) is 97.7 cm³/mol.